The number of benzene rings is 4. The van der Waals surface area contributed by atoms with Gasteiger partial charge in [0.15, 0.2) is 7.85 Å². The second-order valence-electron chi connectivity index (χ2n) is 16.0. The van der Waals surface area contributed by atoms with Crippen LogP contribution < -0.4 is 5.59 Å². The molecule has 1 aliphatic heterocycles. The van der Waals surface area contributed by atoms with Gasteiger partial charge in [-0.3, -0.25) is 4.98 Å². The molecule has 6 rings (SSSR count). The molecule has 1 nitrogen and oxygen atoms in total. The molecule has 0 N–H and O–H groups in total. The molecule has 0 amide bonds. The molecule has 5 aromatic rings. The van der Waals surface area contributed by atoms with Crippen molar-refractivity contribution in [3.05, 3.63) is 71.3 Å². The van der Waals surface area contributed by atoms with E-state index in [9.17, 15) is 0 Å². The summed E-state index contributed by atoms with van der Waals surface area (Å²) in [6.45, 7) is 21.1. The zero-order chi connectivity index (χ0) is 29.5. The van der Waals surface area contributed by atoms with Crippen LogP contribution in [0.4, 0.5) is 0 Å². The summed E-state index contributed by atoms with van der Waals surface area (Å²) in [5.41, 5.74) is 8.53. The monoisotopic (exact) mass is 557 g/mol. The van der Waals surface area contributed by atoms with Crippen molar-refractivity contribution in [2.24, 2.45) is 16.2 Å². The zero-order valence-electron chi connectivity index (χ0n) is 26.7. The summed E-state index contributed by atoms with van der Waals surface area (Å²) in [4.78, 5) is 8.02. The lowest BCUT2D eigenvalue weighted by atomic mass is 9.82. The Morgan fingerprint density at radius 3 is 2.07 bits per heavy atom. The van der Waals surface area contributed by atoms with Crippen LogP contribution in [0.25, 0.3) is 43.6 Å². The first kappa shape index (κ1) is 28.3. The molecule has 0 aliphatic carbocycles. The van der Waals surface area contributed by atoms with Gasteiger partial charge in [0.05, 0.1) is 5.69 Å². The van der Waals surface area contributed by atoms with Gasteiger partial charge in [-0.15, -0.1) is 0 Å². The zero-order valence-corrected chi connectivity index (χ0v) is 27.5. The highest BCUT2D eigenvalue weighted by atomic mass is 32.2. The van der Waals surface area contributed by atoms with Crippen molar-refractivity contribution in [1.82, 2.24) is 4.98 Å². The summed E-state index contributed by atoms with van der Waals surface area (Å²) in [6, 6.07) is 21.3. The second-order valence-corrected chi connectivity index (χ2v) is 17.1. The number of hydrogen-bond acceptors (Lipinski definition) is 2. The molecule has 1 aromatic heterocycles. The van der Waals surface area contributed by atoms with Gasteiger partial charge in [0.25, 0.3) is 0 Å². The van der Waals surface area contributed by atoms with E-state index in [2.05, 4.69) is 125 Å². The van der Waals surface area contributed by atoms with Crippen LogP contribution in [0.1, 0.15) is 79.0 Å². The molecule has 0 radical (unpaired) electrons. The molecule has 2 heterocycles. The molecule has 1 aliphatic rings. The first-order valence-corrected chi connectivity index (χ1v) is 16.0. The Balaban J connectivity index is 1.68. The Morgan fingerprint density at radius 2 is 1.39 bits per heavy atom. The van der Waals surface area contributed by atoms with Crippen molar-refractivity contribution >= 4 is 57.5 Å². The van der Waals surface area contributed by atoms with E-state index in [4.69, 9.17) is 4.98 Å². The Bertz CT molecular complexity index is 1840. The minimum absolute atomic E-state index is 0.172. The van der Waals surface area contributed by atoms with E-state index in [1.54, 1.807) is 0 Å². The lowest BCUT2D eigenvalue weighted by Gasteiger charge is -2.28. The van der Waals surface area contributed by atoms with Crippen molar-refractivity contribution in [1.29, 1.82) is 0 Å². The van der Waals surface area contributed by atoms with Crippen LogP contribution in [-0.4, -0.2) is 12.8 Å². The predicted molar refractivity (Wildman–Crippen MR) is 184 cm³/mol. The van der Waals surface area contributed by atoms with Crippen molar-refractivity contribution in [2.45, 2.75) is 91.4 Å². The average Bonchev–Trinajstić information content (AvgIpc) is 2.82. The van der Waals surface area contributed by atoms with E-state index in [0.29, 0.717) is 0 Å². The normalized spacial score (nSPS) is 13.8. The van der Waals surface area contributed by atoms with Crippen molar-refractivity contribution in [2.75, 3.05) is 0 Å². The van der Waals surface area contributed by atoms with Gasteiger partial charge >= 0.3 is 0 Å². The summed E-state index contributed by atoms with van der Waals surface area (Å²) in [5.74, 6) is 0. The highest BCUT2D eigenvalue weighted by molar-refractivity contribution is 8.00. The molecule has 0 atom stereocenters. The lowest BCUT2D eigenvalue weighted by Crippen LogP contribution is -2.14. The van der Waals surface area contributed by atoms with Gasteiger partial charge in [-0.05, 0) is 103 Å². The molecular weight excluding hydrogens is 513 g/mol. The quantitative estimate of drug-likeness (QED) is 0.159. The minimum Gasteiger partial charge on any atom is -0.263 e. The Morgan fingerprint density at radius 1 is 0.683 bits per heavy atom. The number of hydrogen-bond donors (Lipinski definition) is 0. The summed E-state index contributed by atoms with van der Waals surface area (Å²) in [6.07, 6.45) is 3.16. The van der Waals surface area contributed by atoms with Crippen LogP contribution in [0.15, 0.2) is 64.4 Å². The fraction of sp³-hybridized carbons (Fsp3) is 0.395. The van der Waals surface area contributed by atoms with E-state index in [0.717, 1.165) is 30.5 Å². The van der Waals surface area contributed by atoms with Gasteiger partial charge in [-0.1, -0.05) is 110 Å². The van der Waals surface area contributed by atoms with Gasteiger partial charge in [-0.2, -0.15) is 0 Å². The van der Waals surface area contributed by atoms with Gasteiger partial charge < -0.3 is 0 Å². The standard InChI is InChI=1S/C38H44BNS/c1-36(2,3)19-22-13-14-25-24(15-22)16-29-34-33-28(18-32(39)40-34)26-12-10-11-23(20-37(4,5)6)27(26)17-31(33)41-35(29)30(25)21-38(7,8)9/h10-18H,19-21,39H2,1-9H3. The molecule has 41 heavy (non-hydrogen) atoms. The first-order valence-electron chi connectivity index (χ1n) is 15.2. The van der Waals surface area contributed by atoms with E-state index < -0.39 is 0 Å². The molecule has 0 saturated heterocycles. The van der Waals surface area contributed by atoms with Crippen LogP contribution in [-0.2, 0) is 19.3 Å². The van der Waals surface area contributed by atoms with Crippen LogP contribution in [0.2, 0.25) is 0 Å². The SMILES string of the molecule is Bc1cc2c3c(cc4c(CC(C)(C)C)cccc42)Sc2c(cc4cc(CC(C)(C)C)ccc4c2CC(C)(C)C)-c3n1. The molecule has 210 valence electrons. The number of pyridine rings is 1. The summed E-state index contributed by atoms with van der Waals surface area (Å²) in [7, 11) is 2.16. The summed E-state index contributed by atoms with van der Waals surface area (Å²) in [5, 5.41) is 8.14. The van der Waals surface area contributed by atoms with Gasteiger partial charge in [-0.25, -0.2) is 0 Å². The number of rotatable bonds is 3. The molecule has 4 aromatic carbocycles. The molecule has 0 fully saturated rings. The smallest absolute Gasteiger partial charge is 0.163 e. The average molecular weight is 558 g/mol. The highest BCUT2D eigenvalue weighted by Crippen LogP contribution is 2.52. The van der Waals surface area contributed by atoms with Crippen LogP contribution >= 0.6 is 11.8 Å². The summed E-state index contributed by atoms with van der Waals surface area (Å²) < 4.78 is 0. The van der Waals surface area contributed by atoms with Gasteiger partial charge in [0.2, 0.25) is 0 Å². The maximum atomic E-state index is 5.27. The second kappa shape index (κ2) is 9.63. The third kappa shape index (κ3) is 5.55. The van der Waals surface area contributed by atoms with Gasteiger partial charge in [0.1, 0.15) is 0 Å². The largest absolute Gasteiger partial charge is 0.263 e. The summed E-state index contributed by atoms with van der Waals surface area (Å²) >= 11 is 1.98. The molecular formula is C38H44BNS. The number of nitrogens with zero attached hydrogens (tertiary/aromatic N) is 1. The highest BCUT2D eigenvalue weighted by Gasteiger charge is 2.28. The van der Waals surface area contributed by atoms with E-state index in [1.165, 1.54) is 64.4 Å². The minimum atomic E-state index is 0.172. The predicted octanol–water partition coefficient (Wildman–Crippen LogP) is 9.70. The molecule has 0 unspecified atom stereocenters. The fourth-order valence-electron chi connectivity index (χ4n) is 6.70. The Hall–Kier alpha value is -2.78. The Labute approximate surface area is 251 Å². The number of fused-ring (bicyclic) bond motifs is 5. The van der Waals surface area contributed by atoms with Crippen molar-refractivity contribution in [3.8, 4) is 11.3 Å². The molecule has 0 spiro atoms. The fourth-order valence-corrected chi connectivity index (χ4v) is 7.98. The van der Waals surface area contributed by atoms with Crippen LogP contribution in [0.5, 0.6) is 0 Å². The van der Waals surface area contributed by atoms with E-state index in [1.807, 2.05) is 11.8 Å². The first-order chi connectivity index (χ1) is 19.1. The third-order valence-electron chi connectivity index (χ3n) is 8.05. The van der Waals surface area contributed by atoms with Crippen LogP contribution in [0.3, 0.4) is 0 Å². The maximum absolute atomic E-state index is 5.27. The van der Waals surface area contributed by atoms with E-state index in [-0.39, 0.29) is 16.2 Å². The number of aromatic nitrogens is 1. The van der Waals surface area contributed by atoms with Gasteiger partial charge in [0, 0.05) is 20.7 Å². The Kier molecular flexibility index (Phi) is 6.66. The molecule has 3 heteroatoms. The molecule has 0 bridgehead atoms. The van der Waals surface area contributed by atoms with E-state index >= 15 is 0 Å². The lowest BCUT2D eigenvalue weighted by molar-refractivity contribution is 0.410. The van der Waals surface area contributed by atoms with Crippen molar-refractivity contribution in [3.63, 3.8) is 0 Å². The molecule has 0 saturated carbocycles. The van der Waals surface area contributed by atoms with Crippen LogP contribution in [0, 0.1) is 16.2 Å². The third-order valence-corrected chi connectivity index (χ3v) is 9.26. The topological polar surface area (TPSA) is 12.9 Å². The maximum Gasteiger partial charge on any atom is 0.163 e. The van der Waals surface area contributed by atoms with Crippen molar-refractivity contribution < 1.29 is 0 Å².